The van der Waals surface area contributed by atoms with Gasteiger partial charge in [0.1, 0.15) is 0 Å². The Hall–Kier alpha value is 0.310. The van der Waals surface area contributed by atoms with Crippen molar-refractivity contribution in [3.63, 3.8) is 0 Å². The number of hydrogen-bond donors (Lipinski definition) is 1. The molecule has 0 aromatic heterocycles. The number of hydrogen-bond acceptors (Lipinski definition) is 2. The summed E-state index contributed by atoms with van der Waals surface area (Å²) in [4.78, 5) is 0. The summed E-state index contributed by atoms with van der Waals surface area (Å²) >= 11 is 2.00. The molecule has 0 aromatic rings. The molecule has 0 bridgehead atoms. The van der Waals surface area contributed by atoms with E-state index in [0.717, 1.165) is 12.3 Å². The zero-order chi connectivity index (χ0) is 7.68. The van der Waals surface area contributed by atoms with E-state index in [1.807, 2.05) is 11.8 Å². The van der Waals surface area contributed by atoms with Gasteiger partial charge in [0.2, 0.25) is 0 Å². The van der Waals surface area contributed by atoms with Crippen LogP contribution < -0.4 is 0 Å². The Labute approximate surface area is 72.6 Å². The lowest BCUT2D eigenvalue weighted by molar-refractivity contribution is 0.155. The topological polar surface area (TPSA) is 20.2 Å². The van der Waals surface area contributed by atoms with Gasteiger partial charge in [0, 0.05) is 5.25 Å². The van der Waals surface area contributed by atoms with Gasteiger partial charge < -0.3 is 5.11 Å². The highest BCUT2D eigenvalue weighted by atomic mass is 32.2. The quantitative estimate of drug-likeness (QED) is 0.653. The highest BCUT2D eigenvalue weighted by Crippen LogP contribution is 2.40. The third-order valence-electron chi connectivity index (χ3n) is 2.97. The van der Waals surface area contributed by atoms with Crippen LogP contribution in [-0.2, 0) is 0 Å². The molecule has 2 fully saturated rings. The molecule has 2 atom stereocenters. The molecular weight excluding hydrogens is 156 g/mol. The molecule has 0 spiro atoms. The fraction of sp³-hybridized carbons (Fsp3) is 1.00. The summed E-state index contributed by atoms with van der Waals surface area (Å²) in [5.41, 5.74) is 0. The third kappa shape index (κ3) is 1.57. The fourth-order valence-electron chi connectivity index (χ4n) is 2.34. The van der Waals surface area contributed by atoms with Crippen molar-refractivity contribution in [1.29, 1.82) is 0 Å². The van der Waals surface area contributed by atoms with Crippen molar-refractivity contribution < 1.29 is 5.11 Å². The van der Waals surface area contributed by atoms with Gasteiger partial charge >= 0.3 is 0 Å². The number of rotatable bonds is 1. The minimum atomic E-state index is 0.0168. The Bertz CT molecular complexity index is 132. The van der Waals surface area contributed by atoms with Crippen LogP contribution in [0, 0.1) is 5.92 Å². The molecule has 1 aliphatic heterocycles. The fourth-order valence-corrected chi connectivity index (χ4v) is 3.89. The van der Waals surface area contributed by atoms with E-state index in [1.165, 1.54) is 31.4 Å². The molecular formula is C9H16OS. The first kappa shape index (κ1) is 7.93. The van der Waals surface area contributed by atoms with Crippen molar-refractivity contribution in [3.05, 3.63) is 0 Å². The van der Waals surface area contributed by atoms with Gasteiger partial charge in [-0.3, -0.25) is 0 Å². The van der Waals surface area contributed by atoms with Crippen LogP contribution in [0.15, 0.2) is 0 Å². The Morgan fingerprint density at radius 3 is 2.36 bits per heavy atom. The first-order valence-corrected chi connectivity index (χ1v) is 5.72. The van der Waals surface area contributed by atoms with Gasteiger partial charge in [0.15, 0.2) is 0 Å². The van der Waals surface area contributed by atoms with E-state index < -0.39 is 0 Å². The predicted molar refractivity (Wildman–Crippen MR) is 48.8 cm³/mol. The smallest absolute Gasteiger partial charge is 0.0669 e. The standard InChI is InChI=1S/C9H16OS/c10-8-5-6-11-9(8)7-3-1-2-4-7/h7-10H,1-6H2/t8-,9-/m0/s1. The monoisotopic (exact) mass is 172 g/mol. The Balaban J connectivity index is 1.92. The van der Waals surface area contributed by atoms with Gasteiger partial charge in [-0.1, -0.05) is 12.8 Å². The molecule has 1 nitrogen and oxygen atoms in total. The molecule has 1 heterocycles. The van der Waals surface area contributed by atoms with Crippen molar-refractivity contribution in [1.82, 2.24) is 0 Å². The molecule has 1 aliphatic carbocycles. The predicted octanol–water partition coefficient (Wildman–Crippen LogP) is 2.04. The summed E-state index contributed by atoms with van der Waals surface area (Å²) in [6.45, 7) is 0. The lowest BCUT2D eigenvalue weighted by Crippen LogP contribution is -2.24. The molecule has 11 heavy (non-hydrogen) atoms. The lowest BCUT2D eigenvalue weighted by atomic mass is 9.98. The highest BCUT2D eigenvalue weighted by molar-refractivity contribution is 8.00. The van der Waals surface area contributed by atoms with Gasteiger partial charge in [-0.15, -0.1) is 0 Å². The third-order valence-corrected chi connectivity index (χ3v) is 4.52. The van der Waals surface area contributed by atoms with Crippen LogP contribution in [0.3, 0.4) is 0 Å². The summed E-state index contributed by atoms with van der Waals surface area (Å²) < 4.78 is 0. The van der Waals surface area contributed by atoms with Crippen molar-refractivity contribution >= 4 is 11.8 Å². The van der Waals surface area contributed by atoms with Crippen molar-refractivity contribution in [2.75, 3.05) is 5.75 Å². The van der Waals surface area contributed by atoms with Crippen LogP contribution in [-0.4, -0.2) is 22.2 Å². The van der Waals surface area contributed by atoms with Crippen LogP contribution in [0.4, 0.5) is 0 Å². The van der Waals surface area contributed by atoms with E-state index in [9.17, 15) is 5.11 Å². The molecule has 0 aromatic carbocycles. The minimum absolute atomic E-state index is 0.0168. The maximum absolute atomic E-state index is 9.63. The second kappa shape index (κ2) is 3.36. The molecule has 64 valence electrons. The average Bonchev–Trinajstić information content (AvgIpc) is 2.55. The summed E-state index contributed by atoms with van der Waals surface area (Å²) in [5, 5.41) is 10.2. The first-order chi connectivity index (χ1) is 5.38. The molecule has 1 saturated heterocycles. The second-order valence-corrected chi connectivity index (χ2v) is 5.02. The number of aliphatic hydroxyl groups is 1. The van der Waals surface area contributed by atoms with Crippen LogP contribution in [0.2, 0.25) is 0 Å². The van der Waals surface area contributed by atoms with Crippen molar-refractivity contribution in [2.24, 2.45) is 5.92 Å². The largest absolute Gasteiger partial charge is 0.392 e. The van der Waals surface area contributed by atoms with E-state index in [0.29, 0.717) is 5.25 Å². The Morgan fingerprint density at radius 2 is 1.82 bits per heavy atom. The van der Waals surface area contributed by atoms with E-state index in [-0.39, 0.29) is 6.10 Å². The first-order valence-electron chi connectivity index (χ1n) is 4.67. The second-order valence-electron chi connectivity index (χ2n) is 3.74. The van der Waals surface area contributed by atoms with E-state index >= 15 is 0 Å². The molecule has 0 unspecified atom stereocenters. The summed E-state index contributed by atoms with van der Waals surface area (Å²) in [5.74, 6) is 2.03. The van der Waals surface area contributed by atoms with Gasteiger partial charge in [0.05, 0.1) is 6.10 Å². The molecule has 2 aliphatic rings. The van der Waals surface area contributed by atoms with E-state index in [2.05, 4.69) is 0 Å². The Kier molecular flexibility index (Phi) is 2.42. The molecule has 1 N–H and O–H groups in total. The highest BCUT2D eigenvalue weighted by Gasteiger charge is 2.34. The van der Waals surface area contributed by atoms with Crippen LogP contribution >= 0.6 is 11.8 Å². The molecule has 0 radical (unpaired) electrons. The minimum Gasteiger partial charge on any atom is -0.392 e. The van der Waals surface area contributed by atoms with E-state index in [1.54, 1.807) is 0 Å². The van der Waals surface area contributed by atoms with Gasteiger partial charge in [-0.05, 0) is 30.9 Å². The maximum atomic E-state index is 9.63. The lowest BCUT2D eigenvalue weighted by Gasteiger charge is -2.20. The summed E-state index contributed by atoms with van der Waals surface area (Å²) in [6.07, 6.45) is 6.58. The van der Waals surface area contributed by atoms with Crippen LogP contribution in [0.25, 0.3) is 0 Å². The van der Waals surface area contributed by atoms with Crippen molar-refractivity contribution in [2.45, 2.75) is 43.5 Å². The van der Waals surface area contributed by atoms with Gasteiger partial charge in [-0.2, -0.15) is 11.8 Å². The van der Waals surface area contributed by atoms with Gasteiger partial charge in [0.25, 0.3) is 0 Å². The number of aliphatic hydroxyl groups excluding tert-OH is 1. The Morgan fingerprint density at radius 1 is 1.09 bits per heavy atom. The van der Waals surface area contributed by atoms with Crippen molar-refractivity contribution in [3.8, 4) is 0 Å². The number of thioether (sulfide) groups is 1. The van der Waals surface area contributed by atoms with Gasteiger partial charge in [-0.25, -0.2) is 0 Å². The molecule has 0 amide bonds. The van der Waals surface area contributed by atoms with Crippen LogP contribution in [0.5, 0.6) is 0 Å². The zero-order valence-electron chi connectivity index (χ0n) is 6.83. The summed E-state index contributed by atoms with van der Waals surface area (Å²) in [7, 11) is 0. The summed E-state index contributed by atoms with van der Waals surface area (Å²) in [6, 6.07) is 0. The normalized spacial score (nSPS) is 40.1. The zero-order valence-corrected chi connectivity index (χ0v) is 7.65. The van der Waals surface area contributed by atoms with E-state index in [4.69, 9.17) is 0 Å². The molecule has 1 saturated carbocycles. The van der Waals surface area contributed by atoms with Crippen LogP contribution in [0.1, 0.15) is 32.1 Å². The molecule has 2 rings (SSSR count). The average molecular weight is 172 g/mol. The maximum Gasteiger partial charge on any atom is 0.0669 e. The SMILES string of the molecule is O[C@H]1CCS[C@H]1C1CCCC1. The molecule has 2 heteroatoms.